The average Bonchev–Trinajstić information content (AvgIpc) is 2.72. The molecule has 0 amide bonds. The van der Waals surface area contributed by atoms with Crippen LogP contribution in [0.25, 0.3) is 0 Å². The summed E-state index contributed by atoms with van der Waals surface area (Å²) in [5.41, 5.74) is -1.48. The zero-order valence-electron chi connectivity index (χ0n) is 11.5. The minimum Gasteiger partial charge on any atom is -0.479 e. The zero-order valence-corrected chi connectivity index (χ0v) is 11.5. The Hall–Kier alpha value is -1.50. The number of hydrogen-bond acceptors (Lipinski definition) is 5. The summed E-state index contributed by atoms with van der Waals surface area (Å²) in [6.07, 6.45) is 0.385. The van der Waals surface area contributed by atoms with Gasteiger partial charge in [0.2, 0.25) is 0 Å². The van der Waals surface area contributed by atoms with Crippen molar-refractivity contribution in [3.05, 3.63) is 5.82 Å². The number of nitrogens with zero attached hydrogens (tertiary/aromatic N) is 4. The van der Waals surface area contributed by atoms with Gasteiger partial charge in [-0.2, -0.15) is 0 Å². The maximum Gasteiger partial charge on any atom is 0.331 e. The second kappa shape index (κ2) is 5.01. The fourth-order valence-corrected chi connectivity index (χ4v) is 1.35. The molecule has 18 heavy (non-hydrogen) atoms. The first kappa shape index (κ1) is 14.6. The van der Waals surface area contributed by atoms with Crippen LogP contribution in [0.1, 0.15) is 46.9 Å². The molecule has 1 unspecified atom stereocenters. The molecule has 0 spiro atoms. The normalized spacial score (nSPS) is 15.4. The summed E-state index contributed by atoms with van der Waals surface area (Å²) in [6.45, 7) is 9.29. The van der Waals surface area contributed by atoms with E-state index in [0.717, 1.165) is 0 Å². The summed E-state index contributed by atoms with van der Waals surface area (Å²) in [7, 11) is 0. The van der Waals surface area contributed by atoms with E-state index in [2.05, 4.69) is 15.5 Å². The van der Waals surface area contributed by atoms with E-state index in [1.165, 1.54) is 4.68 Å². The summed E-state index contributed by atoms with van der Waals surface area (Å²) in [4.78, 5) is 11.3. The molecule has 1 aromatic heterocycles. The first-order valence-corrected chi connectivity index (χ1v) is 5.86. The predicted octanol–water partition coefficient (Wildman–Crippen LogP) is 1.20. The molecule has 1 atom stereocenters. The van der Waals surface area contributed by atoms with Crippen molar-refractivity contribution in [3.63, 3.8) is 0 Å². The minimum absolute atomic E-state index is 0.180. The molecule has 0 aliphatic rings. The average molecular weight is 256 g/mol. The predicted molar refractivity (Wildman–Crippen MR) is 63.9 cm³/mol. The molecule has 0 aliphatic carbocycles. The van der Waals surface area contributed by atoms with Gasteiger partial charge in [-0.1, -0.05) is 6.92 Å². The molecule has 0 aliphatic heterocycles. The lowest BCUT2D eigenvalue weighted by molar-refractivity contribution is -0.147. The number of rotatable bonds is 5. The van der Waals surface area contributed by atoms with Crippen molar-refractivity contribution in [3.8, 4) is 0 Å². The summed E-state index contributed by atoms with van der Waals surface area (Å²) >= 11 is 0. The maximum absolute atomic E-state index is 11.3. The number of carboxylic acid groups (broad SMARTS) is 1. The van der Waals surface area contributed by atoms with E-state index in [1.54, 1.807) is 13.8 Å². The topological polar surface area (TPSA) is 90.1 Å². The molecule has 0 radical (unpaired) electrons. The first-order chi connectivity index (χ1) is 8.20. The van der Waals surface area contributed by atoms with Crippen molar-refractivity contribution in [1.29, 1.82) is 0 Å². The van der Waals surface area contributed by atoms with Crippen LogP contribution in [0.3, 0.4) is 0 Å². The summed E-state index contributed by atoms with van der Waals surface area (Å²) < 4.78 is 6.90. The van der Waals surface area contributed by atoms with Gasteiger partial charge in [0.15, 0.2) is 11.4 Å². The van der Waals surface area contributed by atoms with Crippen molar-refractivity contribution in [1.82, 2.24) is 20.2 Å². The Morgan fingerprint density at radius 2 is 2.00 bits per heavy atom. The SMILES string of the molecule is CCC(C)(C(=O)O)n1nnnc1COC(C)(C)C. The van der Waals surface area contributed by atoms with E-state index in [1.807, 2.05) is 20.8 Å². The van der Waals surface area contributed by atoms with Gasteiger partial charge in [0.05, 0.1) is 5.60 Å². The number of hydrogen-bond donors (Lipinski definition) is 1. The Balaban J connectivity index is 2.98. The monoisotopic (exact) mass is 256 g/mol. The van der Waals surface area contributed by atoms with E-state index < -0.39 is 11.5 Å². The number of aromatic nitrogens is 4. The number of carbonyl (C=O) groups is 1. The van der Waals surface area contributed by atoms with Crippen LogP contribution in [0.5, 0.6) is 0 Å². The highest BCUT2D eigenvalue weighted by atomic mass is 16.5. The van der Waals surface area contributed by atoms with Gasteiger partial charge in [-0.05, 0) is 44.5 Å². The van der Waals surface area contributed by atoms with Crippen LogP contribution in [0.4, 0.5) is 0 Å². The third-order valence-corrected chi connectivity index (χ3v) is 2.79. The molecule has 0 bridgehead atoms. The Kier molecular flexibility index (Phi) is 4.05. The Bertz CT molecular complexity index is 424. The molecule has 0 fully saturated rings. The van der Waals surface area contributed by atoms with E-state index in [0.29, 0.717) is 12.2 Å². The van der Waals surface area contributed by atoms with Crippen LogP contribution in [0.15, 0.2) is 0 Å². The van der Waals surface area contributed by atoms with Gasteiger partial charge >= 0.3 is 5.97 Å². The van der Waals surface area contributed by atoms with E-state index in [9.17, 15) is 9.90 Å². The fraction of sp³-hybridized carbons (Fsp3) is 0.818. The third kappa shape index (κ3) is 3.04. The van der Waals surface area contributed by atoms with Crippen molar-refractivity contribution in [2.24, 2.45) is 0 Å². The molecule has 7 heteroatoms. The maximum atomic E-state index is 11.3. The largest absolute Gasteiger partial charge is 0.479 e. The van der Waals surface area contributed by atoms with Crippen LogP contribution in [-0.4, -0.2) is 36.9 Å². The molecule has 1 rings (SSSR count). The van der Waals surface area contributed by atoms with Gasteiger partial charge in [0.25, 0.3) is 0 Å². The molecular formula is C11H20N4O3. The molecular weight excluding hydrogens is 236 g/mol. The summed E-state index contributed by atoms with van der Waals surface area (Å²) in [5.74, 6) is -0.550. The molecule has 1 heterocycles. The highest BCUT2D eigenvalue weighted by Crippen LogP contribution is 2.21. The second-order valence-corrected chi connectivity index (χ2v) is 5.34. The lowest BCUT2D eigenvalue weighted by atomic mass is 9.99. The van der Waals surface area contributed by atoms with Gasteiger partial charge in [0.1, 0.15) is 6.61 Å². The van der Waals surface area contributed by atoms with Crippen molar-refractivity contribution < 1.29 is 14.6 Å². The quantitative estimate of drug-likeness (QED) is 0.851. The third-order valence-electron chi connectivity index (χ3n) is 2.79. The zero-order chi connectivity index (χ0) is 14.0. The molecule has 0 saturated carbocycles. The first-order valence-electron chi connectivity index (χ1n) is 5.86. The van der Waals surface area contributed by atoms with E-state index >= 15 is 0 Å². The van der Waals surface area contributed by atoms with Crippen LogP contribution in [0.2, 0.25) is 0 Å². The minimum atomic E-state index is -1.15. The van der Waals surface area contributed by atoms with Gasteiger partial charge in [-0.15, -0.1) is 5.10 Å². The molecule has 7 nitrogen and oxygen atoms in total. The van der Waals surface area contributed by atoms with Gasteiger partial charge in [0, 0.05) is 0 Å². The number of tetrazole rings is 1. The van der Waals surface area contributed by atoms with Crippen molar-refractivity contribution in [2.75, 3.05) is 0 Å². The van der Waals surface area contributed by atoms with Gasteiger partial charge in [-0.3, -0.25) is 0 Å². The standard InChI is InChI=1S/C11H20N4O3/c1-6-11(5,9(16)17)15-8(12-13-14-15)7-18-10(2,3)4/h6-7H2,1-5H3,(H,16,17). The molecule has 1 N–H and O–H groups in total. The van der Waals surface area contributed by atoms with Crippen molar-refractivity contribution >= 4 is 5.97 Å². The fourth-order valence-electron chi connectivity index (χ4n) is 1.35. The highest BCUT2D eigenvalue weighted by molar-refractivity contribution is 5.76. The van der Waals surface area contributed by atoms with Gasteiger partial charge < -0.3 is 9.84 Å². The van der Waals surface area contributed by atoms with E-state index in [4.69, 9.17) is 4.74 Å². The summed E-state index contributed by atoms with van der Waals surface area (Å²) in [5, 5.41) is 20.4. The van der Waals surface area contributed by atoms with Crippen LogP contribution < -0.4 is 0 Å². The van der Waals surface area contributed by atoms with Crippen LogP contribution in [0, 0.1) is 0 Å². The lowest BCUT2D eigenvalue weighted by Crippen LogP contribution is -2.40. The van der Waals surface area contributed by atoms with E-state index in [-0.39, 0.29) is 12.2 Å². The van der Waals surface area contributed by atoms with Crippen LogP contribution >= 0.6 is 0 Å². The smallest absolute Gasteiger partial charge is 0.331 e. The summed E-state index contributed by atoms with van der Waals surface area (Å²) in [6, 6.07) is 0. The Morgan fingerprint density at radius 1 is 1.39 bits per heavy atom. The molecule has 0 aromatic carbocycles. The number of aliphatic carboxylic acids is 1. The number of carboxylic acids is 1. The van der Waals surface area contributed by atoms with Crippen molar-refractivity contribution in [2.45, 2.75) is 58.8 Å². The Labute approximate surface area is 106 Å². The highest BCUT2D eigenvalue weighted by Gasteiger charge is 2.37. The lowest BCUT2D eigenvalue weighted by Gasteiger charge is -2.25. The van der Waals surface area contributed by atoms with Crippen LogP contribution in [-0.2, 0) is 21.7 Å². The molecule has 102 valence electrons. The number of ether oxygens (including phenoxy) is 1. The molecule has 1 aromatic rings. The second-order valence-electron chi connectivity index (χ2n) is 5.34. The Morgan fingerprint density at radius 3 is 2.44 bits per heavy atom. The molecule has 0 saturated heterocycles. The van der Waals surface area contributed by atoms with Gasteiger partial charge in [-0.25, -0.2) is 9.48 Å².